The van der Waals surface area contributed by atoms with Gasteiger partial charge in [0.05, 0.1) is 0 Å². The van der Waals surface area contributed by atoms with Crippen LogP contribution in [0.25, 0.3) is 0 Å². The molecule has 0 saturated carbocycles. The molecular formula is C21H29O2Si. The number of hydrogen-bond donors (Lipinski definition) is 0. The quantitative estimate of drug-likeness (QED) is 0.600. The van der Waals surface area contributed by atoms with E-state index in [0.29, 0.717) is 6.61 Å². The largest absolute Gasteiger partial charge is 0.541 e. The maximum absolute atomic E-state index is 6.41. The third kappa shape index (κ3) is 5.41. The Labute approximate surface area is 148 Å². The van der Waals surface area contributed by atoms with Crippen LogP contribution in [0.1, 0.15) is 47.1 Å². The first-order chi connectivity index (χ1) is 11.2. The van der Waals surface area contributed by atoms with Gasteiger partial charge in [0.25, 0.3) is 9.04 Å². The highest BCUT2D eigenvalue weighted by atomic mass is 28.3. The van der Waals surface area contributed by atoms with Crippen molar-refractivity contribution in [3.8, 4) is 11.5 Å². The molecule has 0 spiro atoms. The smallest absolute Gasteiger partial charge is 0.292 e. The lowest BCUT2D eigenvalue weighted by Crippen LogP contribution is -2.40. The standard InChI is InChI=1S/C21H29O2Si/c1-20(2,3)24(21(4,5)6)23-19-14-12-18(13-15-19)22-16-17-10-8-7-9-11-17/h7-15H,16H2,1-6H3. The first-order valence-electron chi connectivity index (χ1n) is 8.49. The average Bonchev–Trinajstić information content (AvgIpc) is 2.50. The average molecular weight is 342 g/mol. The molecule has 0 heterocycles. The molecule has 0 unspecified atom stereocenters. The molecule has 0 atom stereocenters. The van der Waals surface area contributed by atoms with E-state index in [1.807, 2.05) is 42.5 Å². The Morgan fingerprint density at radius 1 is 0.708 bits per heavy atom. The first-order valence-corrected chi connectivity index (χ1v) is 9.89. The molecule has 0 bridgehead atoms. The van der Waals surface area contributed by atoms with Gasteiger partial charge in [0, 0.05) is 0 Å². The molecule has 0 aliphatic carbocycles. The van der Waals surface area contributed by atoms with E-state index in [4.69, 9.17) is 9.16 Å². The maximum atomic E-state index is 6.41. The lowest BCUT2D eigenvalue weighted by molar-refractivity contribution is 0.306. The highest BCUT2D eigenvalue weighted by Crippen LogP contribution is 2.42. The molecular weight excluding hydrogens is 312 g/mol. The summed E-state index contributed by atoms with van der Waals surface area (Å²) >= 11 is 0. The summed E-state index contributed by atoms with van der Waals surface area (Å²) in [6.45, 7) is 14.2. The summed E-state index contributed by atoms with van der Waals surface area (Å²) in [7, 11) is -1.04. The van der Waals surface area contributed by atoms with E-state index in [9.17, 15) is 0 Å². The van der Waals surface area contributed by atoms with Crippen LogP contribution < -0.4 is 9.16 Å². The van der Waals surface area contributed by atoms with Gasteiger partial charge in [-0.1, -0.05) is 71.9 Å². The van der Waals surface area contributed by atoms with Crippen molar-refractivity contribution in [3.63, 3.8) is 0 Å². The molecule has 2 nitrogen and oxygen atoms in total. The van der Waals surface area contributed by atoms with E-state index in [1.165, 1.54) is 5.56 Å². The summed E-state index contributed by atoms with van der Waals surface area (Å²) in [4.78, 5) is 0. The van der Waals surface area contributed by atoms with E-state index >= 15 is 0 Å². The fourth-order valence-electron chi connectivity index (χ4n) is 2.89. The number of ether oxygens (including phenoxy) is 1. The Morgan fingerprint density at radius 2 is 1.21 bits per heavy atom. The molecule has 3 heteroatoms. The SMILES string of the molecule is CC(C)(C)[Si](Oc1ccc(OCc2ccccc2)cc1)C(C)(C)C. The molecule has 0 fully saturated rings. The van der Waals surface area contributed by atoms with Crippen LogP contribution in [0.2, 0.25) is 10.1 Å². The van der Waals surface area contributed by atoms with Gasteiger partial charge >= 0.3 is 0 Å². The fourth-order valence-corrected chi connectivity index (χ4v) is 6.13. The van der Waals surface area contributed by atoms with Crippen molar-refractivity contribution in [2.24, 2.45) is 0 Å². The summed E-state index contributed by atoms with van der Waals surface area (Å²) in [5, 5.41) is 0.344. The molecule has 2 aromatic rings. The zero-order valence-electron chi connectivity index (χ0n) is 15.7. The molecule has 0 N–H and O–H groups in total. The number of hydrogen-bond acceptors (Lipinski definition) is 2. The Kier molecular flexibility index (Phi) is 5.76. The van der Waals surface area contributed by atoms with Gasteiger partial charge < -0.3 is 9.16 Å². The van der Waals surface area contributed by atoms with Gasteiger partial charge in [-0.2, -0.15) is 0 Å². The van der Waals surface area contributed by atoms with Gasteiger partial charge in [-0.15, -0.1) is 0 Å². The Hall–Kier alpha value is -1.74. The molecule has 24 heavy (non-hydrogen) atoms. The summed E-state index contributed by atoms with van der Waals surface area (Å²) in [6, 6.07) is 18.2. The molecule has 0 aliphatic rings. The molecule has 0 saturated heterocycles. The van der Waals surface area contributed by atoms with Gasteiger partial charge in [0.2, 0.25) is 0 Å². The maximum Gasteiger partial charge on any atom is 0.292 e. The molecule has 2 rings (SSSR count). The second-order valence-electron chi connectivity index (χ2n) is 8.18. The van der Waals surface area contributed by atoms with Crippen LogP contribution in [0.5, 0.6) is 11.5 Å². The van der Waals surface area contributed by atoms with Crippen molar-refractivity contribution >= 4 is 9.04 Å². The predicted molar refractivity (Wildman–Crippen MR) is 103 cm³/mol. The normalized spacial score (nSPS) is 12.3. The summed E-state index contributed by atoms with van der Waals surface area (Å²) < 4.78 is 12.2. The molecule has 0 aromatic heterocycles. The van der Waals surface area contributed by atoms with Crippen molar-refractivity contribution < 1.29 is 9.16 Å². The van der Waals surface area contributed by atoms with Crippen LogP contribution in [-0.4, -0.2) is 9.04 Å². The van der Waals surface area contributed by atoms with E-state index in [1.54, 1.807) is 0 Å². The summed E-state index contributed by atoms with van der Waals surface area (Å²) in [5.41, 5.74) is 1.17. The van der Waals surface area contributed by atoms with Crippen molar-refractivity contribution in [2.45, 2.75) is 58.2 Å². The fraction of sp³-hybridized carbons (Fsp3) is 0.429. The van der Waals surface area contributed by atoms with E-state index in [0.717, 1.165) is 11.5 Å². The van der Waals surface area contributed by atoms with Gasteiger partial charge in [-0.3, -0.25) is 0 Å². The van der Waals surface area contributed by atoms with Crippen LogP contribution in [0.15, 0.2) is 54.6 Å². The molecule has 2 aromatic carbocycles. The predicted octanol–water partition coefficient (Wildman–Crippen LogP) is 6.24. The second kappa shape index (κ2) is 7.43. The van der Waals surface area contributed by atoms with Gasteiger partial charge in [-0.05, 0) is 39.9 Å². The van der Waals surface area contributed by atoms with E-state index in [-0.39, 0.29) is 10.1 Å². The zero-order chi connectivity index (χ0) is 17.8. The Morgan fingerprint density at radius 3 is 1.71 bits per heavy atom. The van der Waals surface area contributed by atoms with Crippen molar-refractivity contribution in [1.82, 2.24) is 0 Å². The number of benzene rings is 2. The third-order valence-electron chi connectivity index (χ3n) is 3.65. The van der Waals surface area contributed by atoms with E-state index < -0.39 is 9.04 Å². The zero-order valence-corrected chi connectivity index (χ0v) is 16.7. The van der Waals surface area contributed by atoms with Gasteiger partial charge in [0.1, 0.15) is 18.1 Å². The van der Waals surface area contributed by atoms with Gasteiger partial charge in [0.15, 0.2) is 0 Å². The molecule has 1 radical (unpaired) electrons. The highest BCUT2D eigenvalue weighted by Gasteiger charge is 2.41. The molecule has 0 aliphatic heterocycles. The Balaban J connectivity index is 2.01. The molecule has 129 valence electrons. The lowest BCUT2D eigenvalue weighted by Gasteiger charge is -2.37. The third-order valence-corrected chi connectivity index (χ3v) is 6.82. The van der Waals surface area contributed by atoms with Crippen molar-refractivity contribution in [3.05, 3.63) is 60.2 Å². The minimum Gasteiger partial charge on any atom is -0.541 e. The summed E-state index contributed by atoms with van der Waals surface area (Å²) in [6.07, 6.45) is 0. The Bertz CT molecular complexity index is 608. The minimum absolute atomic E-state index is 0.172. The highest BCUT2D eigenvalue weighted by molar-refractivity contribution is 6.59. The van der Waals surface area contributed by atoms with Crippen LogP contribution >= 0.6 is 0 Å². The van der Waals surface area contributed by atoms with E-state index in [2.05, 4.69) is 53.7 Å². The van der Waals surface area contributed by atoms with Crippen molar-refractivity contribution in [2.75, 3.05) is 0 Å². The molecule has 0 amide bonds. The van der Waals surface area contributed by atoms with Gasteiger partial charge in [-0.25, -0.2) is 0 Å². The monoisotopic (exact) mass is 341 g/mol. The summed E-state index contributed by atoms with van der Waals surface area (Å²) in [5.74, 6) is 1.80. The first kappa shape index (κ1) is 18.6. The van der Waals surface area contributed by atoms with Crippen LogP contribution in [-0.2, 0) is 6.61 Å². The second-order valence-corrected chi connectivity index (χ2v) is 12.0. The van der Waals surface area contributed by atoms with Crippen LogP contribution in [0.3, 0.4) is 0 Å². The van der Waals surface area contributed by atoms with Crippen molar-refractivity contribution in [1.29, 1.82) is 0 Å². The lowest BCUT2D eigenvalue weighted by atomic mass is 10.2. The number of rotatable bonds is 5. The minimum atomic E-state index is -1.04. The van der Waals surface area contributed by atoms with Crippen LogP contribution in [0, 0.1) is 0 Å². The van der Waals surface area contributed by atoms with Crippen LogP contribution in [0.4, 0.5) is 0 Å². The topological polar surface area (TPSA) is 18.5 Å².